The van der Waals surface area contributed by atoms with E-state index in [0.29, 0.717) is 17.3 Å². The molecule has 118 valence electrons. The van der Waals surface area contributed by atoms with E-state index < -0.39 is 6.10 Å². The highest BCUT2D eigenvalue weighted by atomic mass is 35.5. The molecule has 0 saturated carbocycles. The highest BCUT2D eigenvalue weighted by molar-refractivity contribution is 6.30. The monoisotopic (exact) mass is 313 g/mol. The number of aliphatic hydroxyl groups excluding tert-OH is 1. The number of nitrogens with zero attached hydrogens (tertiary/aromatic N) is 1. The minimum absolute atomic E-state index is 0.0478. The van der Waals surface area contributed by atoms with E-state index in [4.69, 9.17) is 21.4 Å². The number of likely N-dealkylation sites (N-methyl/N-ethyl adjacent to an activating group) is 1. The summed E-state index contributed by atoms with van der Waals surface area (Å²) in [6.07, 6.45) is 2.04. The standard InChI is InChI=1S/C16H24ClNO3/c1-12-11-14(17)7-8-15(12)21-13(2)16(20)18(3)9-5-4-6-10-19/h7-8,11,13,19H,4-6,9-10H2,1-3H3. The van der Waals surface area contributed by atoms with Gasteiger partial charge in [-0.3, -0.25) is 4.79 Å². The Morgan fingerprint density at radius 1 is 1.38 bits per heavy atom. The summed E-state index contributed by atoms with van der Waals surface area (Å²) in [6.45, 7) is 4.52. The van der Waals surface area contributed by atoms with Crippen LogP contribution >= 0.6 is 11.6 Å². The average molecular weight is 314 g/mol. The minimum atomic E-state index is -0.535. The third-order valence-corrected chi connectivity index (χ3v) is 3.55. The maximum absolute atomic E-state index is 12.2. The largest absolute Gasteiger partial charge is 0.481 e. The number of hydrogen-bond donors (Lipinski definition) is 1. The first kappa shape index (κ1) is 17.8. The van der Waals surface area contributed by atoms with Crippen LogP contribution in [0.5, 0.6) is 5.75 Å². The van der Waals surface area contributed by atoms with E-state index in [2.05, 4.69) is 0 Å². The van der Waals surface area contributed by atoms with Crippen molar-refractivity contribution in [3.63, 3.8) is 0 Å². The van der Waals surface area contributed by atoms with Crippen LogP contribution in [0.4, 0.5) is 0 Å². The molecule has 21 heavy (non-hydrogen) atoms. The molecular weight excluding hydrogens is 290 g/mol. The van der Waals surface area contributed by atoms with Crippen LogP contribution in [0, 0.1) is 6.92 Å². The topological polar surface area (TPSA) is 49.8 Å². The number of carbonyl (C=O) groups is 1. The Bertz CT molecular complexity index is 465. The minimum Gasteiger partial charge on any atom is -0.481 e. The normalized spacial score (nSPS) is 12.0. The number of amides is 1. The van der Waals surface area contributed by atoms with Crippen LogP contribution in [0.3, 0.4) is 0 Å². The summed E-state index contributed by atoms with van der Waals surface area (Å²) in [6, 6.07) is 5.34. The molecule has 0 spiro atoms. The first-order valence-corrected chi connectivity index (χ1v) is 7.62. The second-order valence-corrected chi connectivity index (χ2v) is 5.65. The quantitative estimate of drug-likeness (QED) is 0.750. The van der Waals surface area contributed by atoms with Crippen LogP contribution in [-0.4, -0.2) is 42.2 Å². The van der Waals surface area contributed by atoms with E-state index in [1.54, 1.807) is 31.0 Å². The molecule has 0 radical (unpaired) electrons. The van der Waals surface area contributed by atoms with E-state index in [1.165, 1.54) is 0 Å². The Balaban J connectivity index is 2.49. The van der Waals surface area contributed by atoms with Gasteiger partial charge in [-0.15, -0.1) is 0 Å². The van der Waals surface area contributed by atoms with Crippen molar-refractivity contribution < 1.29 is 14.6 Å². The van der Waals surface area contributed by atoms with Crippen molar-refractivity contribution in [3.05, 3.63) is 28.8 Å². The van der Waals surface area contributed by atoms with Crippen LogP contribution in [0.2, 0.25) is 5.02 Å². The number of halogens is 1. The number of unbranched alkanes of at least 4 members (excludes halogenated alkanes) is 2. The fourth-order valence-electron chi connectivity index (χ4n) is 2.04. The SMILES string of the molecule is Cc1cc(Cl)ccc1OC(C)C(=O)N(C)CCCCCO. The maximum Gasteiger partial charge on any atom is 0.263 e. The van der Waals surface area contributed by atoms with Gasteiger partial charge >= 0.3 is 0 Å². The number of aryl methyl sites for hydroxylation is 1. The predicted molar refractivity (Wildman–Crippen MR) is 84.9 cm³/mol. The Morgan fingerprint density at radius 2 is 2.10 bits per heavy atom. The van der Waals surface area contributed by atoms with E-state index >= 15 is 0 Å². The van der Waals surface area contributed by atoms with Crippen LogP contribution in [0.15, 0.2) is 18.2 Å². The molecule has 1 amide bonds. The molecule has 0 aliphatic carbocycles. The smallest absolute Gasteiger partial charge is 0.263 e. The maximum atomic E-state index is 12.2. The van der Waals surface area contributed by atoms with Crippen LogP contribution in [-0.2, 0) is 4.79 Å². The third kappa shape index (κ3) is 5.94. The van der Waals surface area contributed by atoms with E-state index in [0.717, 1.165) is 24.8 Å². The second-order valence-electron chi connectivity index (χ2n) is 5.21. The molecule has 1 atom stereocenters. The second kappa shape index (κ2) is 8.90. The van der Waals surface area contributed by atoms with Gasteiger partial charge in [0.1, 0.15) is 5.75 Å². The number of benzene rings is 1. The van der Waals surface area contributed by atoms with Crippen molar-refractivity contribution in [2.45, 2.75) is 39.2 Å². The molecule has 1 rings (SSSR count). The first-order valence-electron chi connectivity index (χ1n) is 7.24. The van der Waals surface area contributed by atoms with Crippen LogP contribution in [0.1, 0.15) is 31.7 Å². The van der Waals surface area contributed by atoms with Gasteiger partial charge in [0, 0.05) is 25.2 Å². The Hall–Kier alpha value is -1.26. The summed E-state index contributed by atoms with van der Waals surface area (Å²) in [7, 11) is 1.77. The molecule has 0 saturated heterocycles. The fraction of sp³-hybridized carbons (Fsp3) is 0.562. The molecule has 0 heterocycles. The van der Waals surface area contributed by atoms with Crippen LogP contribution in [0.25, 0.3) is 0 Å². The molecule has 5 heteroatoms. The van der Waals surface area contributed by atoms with Crippen molar-refractivity contribution in [2.24, 2.45) is 0 Å². The van der Waals surface area contributed by atoms with Crippen molar-refractivity contribution in [1.29, 1.82) is 0 Å². The number of rotatable bonds is 8. The number of hydrogen-bond acceptors (Lipinski definition) is 3. The van der Waals surface area contributed by atoms with Crippen LogP contribution < -0.4 is 4.74 Å². The molecule has 0 aliphatic rings. The summed E-state index contributed by atoms with van der Waals surface area (Å²) in [4.78, 5) is 13.9. The highest BCUT2D eigenvalue weighted by Gasteiger charge is 2.19. The lowest BCUT2D eigenvalue weighted by atomic mass is 10.2. The summed E-state index contributed by atoms with van der Waals surface area (Å²) in [5.74, 6) is 0.627. The molecule has 0 fully saturated rings. The molecule has 4 nitrogen and oxygen atoms in total. The van der Waals surface area contributed by atoms with E-state index in [1.807, 2.05) is 13.0 Å². The predicted octanol–water partition coefficient (Wildman–Crippen LogP) is 3.04. The van der Waals surface area contributed by atoms with E-state index in [9.17, 15) is 4.79 Å². The highest BCUT2D eigenvalue weighted by Crippen LogP contribution is 2.23. The van der Waals surface area contributed by atoms with Gasteiger partial charge in [-0.1, -0.05) is 11.6 Å². The molecule has 0 aliphatic heterocycles. The van der Waals surface area contributed by atoms with Gasteiger partial charge < -0.3 is 14.7 Å². The Morgan fingerprint density at radius 3 is 2.71 bits per heavy atom. The third-order valence-electron chi connectivity index (χ3n) is 3.32. The molecule has 0 bridgehead atoms. The summed E-state index contributed by atoms with van der Waals surface area (Å²) < 4.78 is 5.72. The molecule has 1 unspecified atom stereocenters. The van der Waals surface area contributed by atoms with Gasteiger partial charge in [-0.25, -0.2) is 0 Å². The molecule has 1 aromatic rings. The molecule has 1 N–H and O–H groups in total. The van der Waals surface area contributed by atoms with Crippen molar-refractivity contribution in [1.82, 2.24) is 4.90 Å². The van der Waals surface area contributed by atoms with Crippen molar-refractivity contribution in [3.8, 4) is 5.75 Å². The molecule has 0 aromatic heterocycles. The zero-order chi connectivity index (χ0) is 15.8. The first-order chi connectivity index (χ1) is 9.95. The number of carbonyl (C=O) groups excluding carboxylic acids is 1. The van der Waals surface area contributed by atoms with Gasteiger partial charge in [0.25, 0.3) is 5.91 Å². The van der Waals surface area contributed by atoms with E-state index in [-0.39, 0.29) is 12.5 Å². The average Bonchev–Trinajstić information content (AvgIpc) is 2.45. The Kier molecular flexibility index (Phi) is 7.54. The zero-order valence-corrected chi connectivity index (χ0v) is 13.7. The van der Waals surface area contributed by atoms with Crippen molar-refractivity contribution >= 4 is 17.5 Å². The molecule has 1 aromatic carbocycles. The Labute approximate surface area is 131 Å². The molecular formula is C16H24ClNO3. The summed E-state index contributed by atoms with van der Waals surface area (Å²) >= 11 is 5.90. The van der Waals surface area contributed by atoms with Gasteiger partial charge in [0.05, 0.1) is 0 Å². The number of ether oxygens (including phenoxy) is 1. The zero-order valence-electron chi connectivity index (χ0n) is 12.9. The summed E-state index contributed by atoms with van der Waals surface area (Å²) in [5, 5.41) is 9.38. The summed E-state index contributed by atoms with van der Waals surface area (Å²) in [5.41, 5.74) is 0.910. The van der Waals surface area contributed by atoms with Gasteiger partial charge in [-0.05, 0) is 56.9 Å². The van der Waals surface area contributed by atoms with Gasteiger partial charge in [0.2, 0.25) is 0 Å². The lowest BCUT2D eigenvalue weighted by Gasteiger charge is -2.22. The number of aliphatic hydroxyl groups is 1. The van der Waals surface area contributed by atoms with Gasteiger partial charge in [0.15, 0.2) is 6.10 Å². The van der Waals surface area contributed by atoms with Crippen molar-refractivity contribution in [2.75, 3.05) is 20.2 Å². The van der Waals surface area contributed by atoms with Gasteiger partial charge in [-0.2, -0.15) is 0 Å². The lowest BCUT2D eigenvalue weighted by molar-refractivity contribution is -0.136. The lowest BCUT2D eigenvalue weighted by Crippen LogP contribution is -2.38. The fourth-order valence-corrected chi connectivity index (χ4v) is 2.27.